The minimum atomic E-state index is -0.331. The summed E-state index contributed by atoms with van der Waals surface area (Å²) in [5.41, 5.74) is 2.16. The molecule has 0 bridgehead atoms. The number of ether oxygens (including phenoxy) is 1. The minimum absolute atomic E-state index is 0.331. The smallest absolute Gasteiger partial charge is 0.338 e. The number of rotatable bonds is 3. The van der Waals surface area contributed by atoms with Gasteiger partial charge in [0.05, 0.1) is 12.2 Å². The maximum atomic E-state index is 11.8. The van der Waals surface area contributed by atoms with Crippen LogP contribution >= 0.6 is 11.6 Å². The maximum Gasteiger partial charge on any atom is 0.338 e. The van der Waals surface area contributed by atoms with Gasteiger partial charge in [-0.1, -0.05) is 29.8 Å². The summed E-state index contributed by atoms with van der Waals surface area (Å²) in [5, 5.41) is 0.423. The van der Waals surface area contributed by atoms with Gasteiger partial charge in [0.15, 0.2) is 0 Å². The van der Waals surface area contributed by atoms with Crippen molar-refractivity contribution in [3.8, 4) is 11.1 Å². The molecule has 0 amide bonds. The van der Waals surface area contributed by atoms with Crippen LogP contribution in [0.3, 0.4) is 0 Å². The molecule has 0 atom stereocenters. The summed E-state index contributed by atoms with van der Waals surface area (Å²) >= 11 is 5.75. The van der Waals surface area contributed by atoms with Gasteiger partial charge in [0.1, 0.15) is 5.15 Å². The zero-order valence-electron chi connectivity index (χ0n) is 9.89. The van der Waals surface area contributed by atoms with Crippen LogP contribution in [0.4, 0.5) is 0 Å². The molecule has 3 nitrogen and oxygen atoms in total. The van der Waals surface area contributed by atoms with Crippen molar-refractivity contribution in [1.29, 1.82) is 0 Å². The van der Waals surface area contributed by atoms with Crippen LogP contribution in [0.1, 0.15) is 17.3 Å². The van der Waals surface area contributed by atoms with Crippen molar-refractivity contribution >= 4 is 17.6 Å². The highest BCUT2D eigenvalue weighted by molar-refractivity contribution is 6.29. The molecule has 2 rings (SSSR count). The molecule has 92 valence electrons. The first-order chi connectivity index (χ1) is 8.72. The van der Waals surface area contributed by atoms with Crippen molar-refractivity contribution in [3.05, 3.63) is 53.3 Å². The summed E-state index contributed by atoms with van der Waals surface area (Å²) in [6, 6.07) is 10.8. The first kappa shape index (κ1) is 12.6. The summed E-state index contributed by atoms with van der Waals surface area (Å²) in [6.45, 7) is 2.14. The van der Waals surface area contributed by atoms with Crippen LogP contribution in [-0.4, -0.2) is 17.6 Å². The third-order valence-electron chi connectivity index (χ3n) is 2.46. The molecule has 1 heterocycles. The van der Waals surface area contributed by atoms with Crippen molar-refractivity contribution in [3.63, 3.8) is 0 Å². The van der Waals surface area contributed by atoms with E-state index in [1.807, 2.05) is 18.2 Å². The Balaban J connectivity index is 2.44. The van der Waals surface area contributed by atoms with E-state index < -0.39 is 0 Å². The molecular formula is C14H12ClNO2. The number of carbonyl (C=O) groups excluding carboxylic acids is 1. The van der Waals surface area contributed by atoms with E-state index >= 15 is 0 Å². The van der Waals surface area contributed by atoms with Crippen LogP contribution in [0.25, 0.3) is 11.1 Å². The highest BCUT2D eigenvalue weighted by atomic mass is 35.5. The Kier molecular flexibility index (Phi) is 3.95. The molecule has 0 aliphatic heterocycles. The molecule has 0 N–H and O–H groups in total. The fourth-order valence-corrected chi connectivity index (χ4v) is 1.77. The molecule has 0 fully saturated rings. The van der Waals surface area contributed by atoms with E-state index in [1.54, 1.807) is 31.3 Å². The van der Waals surface area contributed by atoms with E-state index in [4.69, 9.17) is 16.3 Å². The van der Waals surface area contributed by atoms with Crippen molar-refractivity contribution in [1.82, 2.24) is 4.98 Å². The number of hydrogen-bond acceptors (Lipinski definition) is 3. The van der Waals surface area contributed by atoms with Gasteiger partial charge in [-0.25, -0.2) is 9.78 Å². The second-order valence-electron chi connectivity index (χ2n) is 3.64. The monoisotopic (exact) mass is 261 g/mol. The normalized spacial score (nSPS) is 10.1. The molecule has 1 aromatic carbocycles. The number of aromatic nitrogens is 1. The fourth-order valence-electron chi connectivity index (χ4n) is 1.66. The second-order valence-corrected chi connectivity index (χ2v) is 4.02. The van der Waals surface area contributed by atoms with Crippen molar-refractivity contribution in [2.45, 2.75) is 6.92 Å². The molecule has 0 radical (unpaired) electrons. The van der Waals surface area contributed by atoms with Crippen LogP contribution in [-0.2, 0) is 4.74 Å². The zero-order chi connectivity index (χ0) is 13.0. The summed E-state index contributed by atoms with van der Waals surface area (Å²) in [5.74, 6) is -0.331. The lowest BCUT2D eigenvalue weighted by atomic mass is 10.0. The summed E-state index contributed by atoms with van der Waals surface area (Å²) in [4.78, 5) is 15.9. The standard InChI is InChI=1S/C14H12ClNO2/c1-2-18-14(17)12-6-4-3-5-11(12)10-7-8-13(15)16-9-10/h3-9H,2H2,1H3. The van der Waals surface area contributed by atoms with Crippen molar-refractivity contribution < 1.29 is 9.53 Å². The van der Waals surface area contributed by atoms with Gasteiger partial charge in [0.25, 0.3) is 0 Å². The van der Waals surface area contributed by atoms with E-state index in [-0.39, 0.29) is 5.97 Å². The Hall–Kier alpha value is -1.87. The molecule has 0 spiro atoms. The molecular weight excluding hydrogens is 250 g/mol. The van der Waals surface area contributed by atoms with E-state index in [0.29, 0.717) is 17.3 Å². The van der Waals surface area contributed by atoms with Gasteiger partial charge >= 0.3 is 5.97 Å². The summed E-state index contributed by atoms with van der Waals surface area (Å²) in [6.07, 6.45) is 1.64. The molecule has 0 saturated heterocycles. The highest BCUT2D eigenvalue weighted by Gasteiger charge is 2.13. The number of nitrogens with zero attached hydrogens (tertiary/aromatic N) is 1. The van der Waals surface area contributed by atoms with Gasteiger partial charge in [-0.2, -0.15) is 0 Å². The van der Waals surface area contributed by atoms with Gasteiger partial charge in [-0.05, 0) is 30.7 Å². The number of pyridine rings is 1. The predicted octanol–water partition coefficient (Wildman–Crippen LogP) is 3.58. The second kappa shape index (κ2) is 5.65. The molecule has 1 aromatic heterocycles. The van der Waals surface area contributed by atoms with Crippen LogP contribution < -0.4 is 0 Å². The van der Waals surface area contributed by atoms with Gasteiger partial charge < -0.3 is 4.74 Å². The average molecular weight is 262 g/mol. The number of benzene rings is 1. The van der Waals surface area contributed by atoms with E-state index in [9.17, 15) is 4.79 Å². The van der Waals surface area contributed by atoms with Gasteiger partial charge in [0, 0.05) is 11.8 Å². The van der Waals surface area contributed by atoms with Gasteiger partial charge in [0.2, 0.25) is 0 Å². The van der Waals surface area contributed by atoms with E-state index in [0.717, 1.165) is 11.1 Å². The minimum Gasteiger partial charge on any atom is -0.462 e. The van der Waals surface area contributed by atoms with Crippen LogP contribution in [0.15, 0.2) is 42.6 Å². The molecule has 0 saturated carbocycles. The van der Waals surface area contributed by atoms with E-state index in [2.05, 4.69) is 4.98 Å². The molecule has 2 aromatic rings. The largest absolute Gasteiger partial charge is 0.462 e. The third-order valence-corrected chi connectivity index (χ3v) is 2.68. The van der Waals surface area contributed by atoms with Crippen LogP contribution in [0, 0.1) is 0 Å². The maximum absolute atomic E-state index is 11.8. The van der Waals surface area contributed by atoms with Gasteiger partial charge in [-0.15, -0.1) is 0 Å². The number of halogens is 1. The number of esters is 1. The van der Waals surface area contributed by atoms with Gasteiger partial charge in [-0.3, -0.25) is 0 Å². The zero-order valence-corrected chi connectivity index (χ0v) is 10.6. The lowest BCUT2D eigenvalue weighted by Gasteiger charge is -2.08. The molecule has 4 heteroatoms. The Morgan fingerprint density at radius 2 is 2.06 bits per heavy atom. The van der Waals surface area contributed by atoms with Crippen molar-refractivity contribution in [2.75, 3.05) is 6.61 Å². The lowest BCUT2D eigenvalue weighted by molar-refractivity contribution is 0.0527. The lowest BCUT2D eigenvalue weighted by Crippen LogP contribution is -2.06. The average Bonchev–Trinajstić information content (AvgIpc) is 2.40. The predicted molar refractivity (Wildman–Crippen MR) is 70.6 cm³/mol. The molecule has 18 heavy (non-hydrogen) atoms. The topological polar surface area (TPSA) is 39.2 Å². The molecule has 0 unspecified atom stereocenters. The highest BCUT2D eigenvalue weighted by Crippen LogP contribution is 2.24. The van der Waals surface area contributed by atoms with Crippen molar-refractivity contribution in [2.24, 2.45) is 0 Å². The Bertz CT molecular complexity index is 552. The number of hydrogen-bond donors (Lipinski definition) is 0. The SMILES string of the molecule is CCOC(=O)c1ccccc1-c1ccc(Cl)nc1. The Labute approximate surface area is 110 Å². The Morgan fingerprint density at radius 1 is 1.28 bits per heavy atom. The fraction of sp³-hybridized carbons (Fsp3) is 0.143. The molecule has 0 aliphatic rings. The van der Waals surface area contributed by atoms with Crippen LogP contribution in [0.2, 0.25) is 5.15 Å². The number of carbonyl (C=O) groups is 1. The first-order valence-corrected chi connectivity index (χ1v) is 5.98. The quantitative estimate of drug-likeness (QED) is 0.626. The van der Waals surface area contributed by atoms with Crippen LogP contribution in [0.5, 0.6) is 0 Å². The third kappa shape index (κ3) is 2.68. The molecule has 0 aliphatic carbocycles. The summed E-state index contributed by atoms with van der Waals surface area (Å²) < 4.78 is 5.03. The first-order valence-electron chi connectivity index (χ1n) is 5.60. The Morgan fingerprint density at radius 3 is 2.72 bits per heavy atom. The van der Waals surface area contributed by atoms with E-state index in [1.165, 1.54) is 0 Å². The summed E-state index contributed by atoms with van der Waals surface area (Å²) in [7, 11) is 0.